The van der Waals surface area contributed by atoms with Gasteiger partial charge < -0.3 is 14.5 Å². The third-order valence-electron chi connectivity index (χ3n) is 4.32. The Hall–Kier alpha value is -2.75. The molecule has 25 heavy (non-hydrogen) atoms. The van der Waals surface area contributed by atoms with Crippen molar-refractivity contribution in [3.63, 3.8) is 0 Å². The van der Waals surface area contributed by atoms with Gasteiger partial charge in [-0.3, -0.25) is 4.79 Å². The zero-order valence-electron chi connectivity index (χ0n) is 14.6. The third-order valence-corrected chi connectivity index (χ3v) is 4.32. The normalized spacial score (nSPS) is 14.8. The highest BCUT2D eigenvalue weighted by atomic mass is 16.5. The smallest absolute Gasteiger partial charge is 0.246 e. The number of para-hydroxylation sites is 1. The second kappa shape index (κ2) is 8.38. The SMILES string of the molecule is CCOc1ccc(/C=C/C(=O)N2CCN(c3ccccc3)CC2)cc1. The maximum atomic E-state index is 12.4. The minimum absolute atomic E-state index is 0.0709. The average molecular weight is 336 g/mol. The predicted molar refractivity (Wildman–Crippen MR) is 102 cm³/mol. The van der Waals surface area contributed by atoms with E-state index >= 15 is 0 Å². The lowest BCUT2D eigenvalue weighted by molar-refractivity contribution is -0.126. The van der Waals surface area contributed by atoms with Crippen LogP contribution in [0.3, 0.4) is 0 Å². The lowest BCUT2D eigenvalue weighted by atomic mass is 10.2. The number of hydrogen-bond donors (Lipinski definition) is 0. The van der Waals surface area contributed by atoms with Gasteiger partial charge in [-0.05, 0) is 42.8 Å². The summed E-state index contributed by atoms with van der Waals surface area (Å²) in [7, 11) is 0. The highest BCUT2D eigenvalue weighted by molar-refractivity contribution is 5.92. The number of nitrogens with zero attached hydrogens (tertiary/aromatic N) is 2. The largest absolute Gasteiger partial charge is 0.494 e. The van der Waals surface area contributed by atoms with Crippen LogP contribution in [-0.2, 0) is 4.79 Å². The summed E-state index contributed by atoms with van der Waals surface area (Å²) in [6, 6.07) is 18.1. The van der Waals surface area contributed by atoms with Crippen LogP contribution in [0.2, 0.25) is 0 Å². The number of rotatable bonds is 5. The Morgan fingerprint density at radius 3 is 2.32 bits per heavy atom. The Balaban J connectivity index is 1.52. The maximum Gasteiger partial charge on any atom is 0.246 e. The van der Waals surface area contributed by atoms with Gasteiger partial charge in [0.2, 0.25) is 5.91 Å². The number of anilines is 1. The molecule has 3 rings (SSSR count). The van der Waals surface area contributed by atoms with Crippen molar-refractivity contribution in [2.75, 3.05) is 37.7 Å². The molecule has 0 aromatic heterocycles. The van der Waals surface area contributed by atoms with E-state index in [9.17, 15) is 4.79 Å². The molecule has 130 valence electrons. The molecule has 2 aromatic rings. The summed E-state index contributed by atoms with van der Waals surface area (Å²) in [4.78, 5) is 16.6. The van der Waals surface area contributed by atoms with Gasteiger partial charge in [0.1, 0.15) is 5.75 Å². The first-order chi connectivity index (χ1) is 12.3. The van der Waals surface area contributed by atoms with Crippen molar-refractivity contribution in [2.24, 2.45) is 0 Å². The zero-order valence-corrected chi connectivity index (χ0v) is 14.6. The quantitative estimate of drug-likeness (QED) is 0.784. The molecule has 1 aliphatic rings. The minimum Gasteiger partial charge on any atom is -0.494 e. The summed E-state index contributed by atoms with van der Waals surface area (Å²) in [5.74, 6) is 0.921. The molecule has 1 saturated heterocycles. The van der Waals surface area contributed by atoms with Gasteiger partial charge in [0.25, 0.3) is 0 Å². The molecule has 1 fully saturated rings. The highest BCUT2D eigenvalue weighted by Crippen LogP contribution is 2.16. The second-order valence-electron chi connectivity index (χ2n) is 5.98. The van der Waals surface area contributed by atoms with Crippen LogP contribution in [0.4, 0.5) is 5.69 Å². The summed E-state index contributed by atoms with van der Waals surface area (Å²) in [5.41, 5.74) is 2.22. The van der Waals surface area contributed by atoms with Crippen LogP contribution < -0.4 is 9.64 Å². The molecule has 4 heteroatoms. The average Bonchev–Trinajstić information content (AvgIpc) is 2.68. The van der Waals surface area contributed by atoms with Crippen molar-refractivity contribution in [1.82, 2.24) is 4.90 Å². The molecule has 0 aliphatic carbocycles. The molecular formula is C21H24N2O2. The summed E-state index contributed by atoms with van der Waals surface area (Å²) in [5, 5.41) is 0. The van der Waals surface area contributed by atoms with E-state index in [1.165, 1.54) is 5.69 Å². The van der Waals surface area contributed by atoms with E-state index in [2.05, 4.69) is 17.0 Å². The van der Waals surface area contributed by atoms with Gasteiger partial charge in [-0.15, -0.1) is 0 Å². The van der Waals surface area contributed by atoms with Gasteiger partial charge >= 0.3 is 0 Å². The van der Waals surface area contributed by atoms with Crippen LogP contribution in [0.1, 0.15) is 12.5 Å². The van der Waals surface area contributed by atoms with Crippen LogP contribution in [0.15, 0.2) is 60.7 Å². The molecule has 0 atom stereocenters. The van der Waals surface area contributed by atoms with Crippen molar-refractivity contribution >= 4 is 17.7 Å². The van der Waals surface area contributed by atoms with Crippen LogP contribution in [0, 0.1) is 0 Å². The molecule has 1 aliphatic heterocycles. The number of ether oxygens (including phenoxy) is 1. The molecule has 0 radical (unpaired) electrons. The number of hydrogen-bond acceptors (Lipinski definition) is 3. The molecule has 4 nitrogen and oxygen atoms in total. The molecule has 0 unspecified atom stereocenters. The first-order valence-electron chi connectivity index (χ1n) is 8.76. The first kappa shape index (κ1) is 17.1. The predicted octanol–water partition coefficient (Wildman–Crippen LogP) is 3.45. The fourth-order valence-corrected chi connectivity index (χ4v) is 2.94. The number of piperazine rings is 1. The number of carbonyl (C=O) groups is 1. The second-order valence-corrected chi connectivity index (χ2v) is 5.98. The summed E-state index contributed by atoms with van der Waals surface area (Å²) >= 11 is 0. The van der Waals surface area contributed by atoms with E-state index in [1.807, 2.05) is 60.4 Å². The van der Waals surface area contributed by atoms with Crippen LogP contribution >= 0.6 is 0 Å². The maximum absolute atomic E-state index is 12.4. The molecule has 0 spiro atoms. The summed E-state index contributed by atoms with van der Waals surface area (Å²) in [6.07, 6.45) is 3.52. The van der Waals surface area contributed by atoms with Gasteiger partial charge in [-0.25, -0.2) is 0 Å². The molecule has 0 saturated carbocycles. The van der Waals surface area contributed by atoms with Crippen molar-refractivity contribution in [3.8, 4) is 5.75 Å². The standard InChI is InChI=1S/C21H24N2O2/c1-2-25-20-11-8-18(9-12-20)10-13-21(24)23-16-14-22(15-17-23)19-6-4-3-5-7-19/h3-13H,2,14-17H2,1H3/b13-10+. The monoisotopic (exact) mass is 336 g/mol. The van der Waals surface area contributed by atoms with Gasteiger partial charge in [-0.1, -0.05) is 30.3 Å². The Kier molecular flexibility index (Phi) is 5.73. The molecular weight excluding hydrogens is 312 g/mol. The molecule has 1 amide bonds. The topological polar surface area (TPSA) is 32.8 Å². The van der Waals surface area contributed by atoms with Gasteiger partial charge in [-0.2, -0.15) is 0 Å². The number of amides is 1. The fourth-order valence-electron chi connectivity index (χ4n) is 2.94. The summed E-state index contributed by atoms with van der Waals surface area (Å²) in [6.45, 7) is 5.86. The van der Waals surface area contributed by atoms with Crippen molar-refractivity contribution in [2.45, 2.75) is 6.92 Å². The molecule has 0 N–H and O–H groups in total. The van der Waals surface area contributed by atoms with Crippen molar-refractivity contribution in [3.05, 3.63) is 66.2 Å². The Labute approximate surface area is 149 Å². The summed E-state index contributed by atoms with van der Waals surface area (Å²) < 4.78 is 5.42. The van der Waals surface area contributed by atoms with E-state index in [0.29, 0.717) is 6.61 Å². The number of benzene rings is 2. The van der Waals surface area contributed by atoms with E-state index in [0.717, 1.165) is 37.5 Å². The van der Waals surface area contributed by atoms with E-state index in [-0.39, 0.29) is 5.91 Å². The van der Waals surface area contributed by atoms with E-state index < -0.39 is 0 Å². The van der Waals surface area contributed by atoms with Gasteiger partial charge in [0.15, 0.2) is 0 Å². The van der Waals surface area contributed by atoms with E-state index in [4.69, 9.17) is 4.74 Å². The Morgan fingerprint density at radius 1 is 1.00 bits per heavy atom. The lowest BCUT2D eigenvalue weighted by Crippen LogP contribution is -2.48. The zero-order chi connectivity index (χ0) is 17.5. The highest BCUT2D eigenvalue weighted by Gasteiger charge is 2.19. The Morgan fingerprint density at radius 2 is 1.68 bits per heavy atom. The van der Waals surface area contributed by atoms with Crippen LogP contribution in [0.25, 0.3) is 6.08 Å². The Bertz CT molecular complexity index is 702. The molecule has 1 heterocycles. The number of carbonyl (C=O) groups excluding carboxylic acids is 1. The fraction of sp³-hybridized carbons (Fsp3) is 0.286. The lowest BCUT2D eigenvalue weighted by Gasteiger charge is -2.35. The molecule has 0 bridgehead atoms. The van der Waals surface area contributed by atoms with Gasteiger partial charge in [0, 0.05) is 37.9 Å². The first-order valence-corrected chi connectivity index (χ1v) is 8.76. The van der Waals surface area contributed by atoms with Crippen molar-refractivity contribution in [1.29, 1.82) is 0 Å². The minimum atomic E-state index is 0.0709. The van der Waals surface area contributed by atoms with Crippen LogP contribution in [0.5, 0.6) is 5.75 Å². The molecule has 2 aromatic carbocycles. The van der Waals surface area contributed by atoms with Crippen molar-refractivity contribution < 1.29 is 9.53 Å². The third kappa shape index (κ3) is 4.63. The van der Waals surface area contributed by atoms with Crippen LogP contribution in [-0.4, -0.2) is 43.6 Å². The van der Waals surface area contributed by atoms with Gasteiger partial charge in [0.05, 0.1) is 6.61 Å². The van der Waals surface area contributed by atoms with E-state index in [1.54, 1.807) is 6.08 Å².